The van der Waals surface area contributed by atoms with Crippen LogP contribution in [-0.2, 0) is 14.3 Å². The quantitative estimate of drug-likeness (QED) is 0.447. The van der Waals surface area contributed by atoms with Crippen molar-refractivity contribution in [3.05, 3.63) is 0 Å². The zero-order valence-electron chi connectivity index (χ0n) is 10.7. The standard InChI is InChI=1S/C13H24O4/c1-12(15)8-4-3-7-11-17-13(16)9-5-2-6-10-14/h14H,2-11H2,1H3. The van der Waals surface area contributed by atoms with Gasteiger partial charge in [0.25, 0.3) is 0 Å². The molecular weight excluding hydrogens is 220 g/mol. The lowest BCUT2D eigenvalue weighted by atomic mass is 10.1. The molecule has 0 aliphatic carbocycles. The maximum atomic E-state index is 11.2. The van der Waals surface area contributed by atoms with Crippen molar-refractivity contribution >= 4 is 11.8 Å². The Hall–Kier alpha value is -0.900. The summed E-state index contributed by atoms with van der Waals surface area (Å²) < 4.78 is 5.04. The number of hydrogen-bond acceptors (Lipinski definition) is 4. The third-order valence-electron chi connectivity index (χ3n) is 2.48. The average molecular weight is 244 g/mol. The van der Waals surface area contributed by atoms with Gasteiger partial charge in [-0.2, -0.15) is 0 Å². The molecule has 0 unspecified atom stereocenters. The Morgan fingerprint density at radius 1 is 0.941 bits per heavy atom. The maximum absolute atomic E-state index is 11.2. The van der Waals surface area contributed by atoms with Crippen molar-refractivity contribution in [3.8, 4) is 0 Å². The minimum atomic E-state index is -0.158. The predicted octanol–water partition coefficient (Wildman–Crippen LogP) is 2.23. The number of aliphatic hydroxyl groups is 1. The molecule has 0 fully saturated rings. The first-order valence-electron chi connectivity index (χ1n) is 6.42. The molecule has 4 nitrogen and oxygen atoms in total. The molecule has 0 aliphatic heterocycles. The van der Waals surface area contributed by atoms with E-state index in [1.807, 2.05) is 0 Å². The summed E-state index contributed by atoms with van der Waals surface area (Å²) in [4.78, 5) is 21.9. The number of ether oxygens (including phenoxy) is 1. The molecule has 0 aromatic heterocycles. The Labute approximate surface area is 103 Å². The van der Waals surface area contributed by atoms with E-state index in [-0.39, 0.29) is 18.4 Å². The summed E-state index contributed by atoms with van der Waals surface area (Å²) in [7, 11) is 0. The first-order valence-corrected chi connectivity index (χ1v) is 6.42. The second-order valence-electron chi connectivity index (χ2n) is 4.27. The van der Waals surface area contributed by atoms with Crippen LogP contribution >= 0.6 is 0 Å². The second-order valence-corrected chi connectivity index (χ2v) is 4.27. The van der Waals surface area contributed by atoms with Gasteiger partial charge in [0, 0.05) is 19.4 Å². The molecule has 0 saturated carbocycles. The largest absolute Gasteiger partial charge is 0.466 e. The fourth-order valence-electron chi connectivity index (χ4n) is 1.47. The smallest absolute Gasteiger partial charge is 0.305 e. The predicted molar refractivity (Wildman–Crippen MR) is 65.7 cm³/mol. The van der Waals surface area contributed by atoms with Crippen molar-refractivity contribution in [2.24, 2.45) is 0 Å². The Morgan fingerprint density at radius 2 is 1.59 bits per heavy atom. The summed E-state index contributed by atoms with van der Waals surface area (Å²) in [6.45, 7) is 2.23. The monoisotopic (exact) mass is 244 g/mol. The number of hydrogen-bond donors (Lipinski definition) is 1. The van der Waals surface area contributed by atoms with Crippen LogP contribution in [0.4, 0.5) is 0 Å². The summed E-state index contributed by atoms with van der Waals surface area (Å²) in [6, 6.07) is 0. The lowest BCUT2D eigenvalue weighted by molar-refractivity contribution is -0.144. The fraction of sp³-hybridized carbons (Fsp3) is 0.846. The van der Waals surface area contributed by atoms with Gasteiger partial charge in [-0.05, 0) is 39.0 Å². The Kier molecular flexibility index (Phi) is 11.0. The van der Waals surface area contributed by atoms with Crippen LogP contribution < -0.4 is 0 Å². The molecule has 0 aliphatic rings. The topological polar surface area (TPSA) is 63.6 Å². The number of esters is 1. The molecular formula is C13H24O4. The molecule has 1 N–H and O–H groups in total. The van der Waals surface area contributed by atoms with E-state index >= 15 is 0 Å². The SMILES string of the molecule is CC(=O)CCCCCOC(=O)CCCCCO. The molecule has 0 saturated heterocycles. The molecule has 0 bridgehead atoms. The van der Waals surface area contributed by atoms with E-state index in [0.29, 0.717) is 19.4 Å². The van der Waals surface area contributed by atoms with Crippen molar-refractivity contribution in [1.29, 1.82) is 0 Å². The van der Waals surface area contributed by atoms with E-state index in [4.69, 9.17) is 9.84 Å². The van der Waals surface area contributed by atoms with Gasteiger partial charge in [0.1, 0.15) is 5.78 Å². The zero-order valence-corrected chi connectivity index (χ0v) is 10.7. The summed E-state index contributed by atoms with van der Waals surface area (Å²) >= 11 is 0. The minimum Gasteiger partial charge on any atom is -0.466 e. The number of rotatable bonds is 11. The van der Waals surface area contributed by atoms with Crippen LogP contribution in [0.3, 0.4) is 0 Å². The van der Waals surface area contributed by atoms with Gasteiger partial charge in [0.2, 0.25) is 0 Å². The lowest BCUT2D eigenvalue weighted by Gasteiger charge is -2.04. The minimum absolute atomic E-state index is 0.158. The number of aliphatic hydroxyl groups excluding tert-OH is 1. The Bertz CT molecular complexity index is 213. The zero-order chi connectivity index (χ0) is 12.9. The van der Waals surface area contributed by atoms with Crippen LogP contribution in [-0.4, -0.2) is 30.1 Å². The van der Waals surface area contributed by atoms with E-state index in [9.17, 15) is 9.59 Å². The first-order chi connectivity index (χ1) is 8.16. The maximum Gasteiger partial charge on any atom is 0.305 e. The van der Waals surface area contributed by atoms with Crippen molar-refractivity contribution in [3.63, 3.8) is 0 Å². The van der Waals surface area contributed by atoms with Gasteiger partial charge in [-0.15, -0.1) is 0 Å². The number of Topliss-reactive ketones (excluding diaryl/α,β-unsaturated/α-hetero) is 1. The highest BCUT2D eigenvalue weighted by Gasteiger charge is 2.02. The van der Waals surface area contributed by atoms with Crippen LogP contribution in [0.15, 0.2) is 0 Å². The van der Waals surface area contributed by atoms with Gasteiger partial charge in [-0.1, -0.05) is 6.42 Å². The average Bonchev–Trinajstić information content (AvgIpc) is 2.29. The molecule has 100 valence electrons. The molecule has 0 aromatic carbocycles. The third kappa shape index (κ3) is 13.0. The van der Waals surface area contributed by atoms with Gasteiger partial charge < -0.3 is 14.6 Å². The molecule has 17 heavy (non-hydrogen) atoms. The van der Waals surface area contributed by atoms with Crippen LogP contribution in [0.1, 0.15) is 58.3 Å². The second kappa shape index (κ2) is 11.6. The van der Waals surface area contributed by atoms with Gasteiger partial charge in [-0.3, -0.25) is 4.79 Å². The van der Waals surface area contributed by atoms with Gasteiger partial charge in [-0.25, -0.2) is 0 Å². The van der Waals surface area contributed by atoms with Gasteiger partial charge >= 0.3 is 5.97 Å². The molecule has 0 amide bonds. The van der Waals surface area contributed by atoms with Crippen molar-refractivity contribution < 1.29 is 19.4 Å². The van der Waals surface area contributed by atoms with E-state index in [0.717, 1.165) is 38.5 Å². The fourth-order valence-corrected chi connectivity index (χ4v) is 1.47. The van der Waals surface area contributed by atoms with Crippen LogP contribution in [0, 0.1) is 0 Å². The van der Waals surface area contributed by atoms with Crippen molar-refractivity contribution in [2.45, 2.75) is 58.3 Å². The highest BCUT2D eigenvalue weighted by atomic mass is 16.5. The van der Waals surface area contributed by atoms with Crippen LogP contribution in [0.5, 0.6) is 0 Å². The molecule has 0 rings (SSSR count). The van der Waals surface area contributed by atoms with E-state index < -0.39 is 0 Å². The van der Waals surface area contributed by atoms with Gasteiger partial charge in [0.05, 0.1) is 6.61 Å². The highest BCUT2D eigenvalue weighted by Crippen LogP contribution is 2.03. The van der Waals surface area contributed by atoms with Gasteiger partial charge in [0.15, 0.2) is 0 Å². The Balaban J connectivity index is 3.19. The number of carbonyl (C=O) groups excluding carboxylic acids is 2. The van der Waals surface area contributed by atoms with Crippen molar-refractivity contribution in [1.82, 2.24) is 0 Å². The number of unbranched alkanes of at least 4 members (excludes halogenated alkanes) is 4. The third-order valence-corrected chi connectivity index (χ3v) is 2.48. The highest BCUT2D eigenvalue weighted by molar-refractivity contribution is 5.75. The van der Waals surface area contributed by atoms with Crippen LogP contribution in [0.2, 0.25) is 0 Å². The van der Waals surface area contributed by atoms with E-state index in [1.54, 1.807) is 6.92 Å². The summed E-state index contributed by atoms with van der Waals surface area (Å²) in [5.41, 5.74) is 0. The normalized spacial score (nSPS) is 10.2. The van der Waals surface area contributed by atoms with Crippen molar-refractivity contribution in [2.75, 3.05) is 13.2 Å². The molecule has 0 spiro atoms. The number of ketones is 1. The first kappa shape index (κ1) is 16.1. The van der Waals surface area contributed by atoms with Crippen LogP contribution in [0.25, 0.3) is 0 Å². The summed E-state index contributed by atoms with van der Waals surface area (Å²) in [5, 5.41) is 8.55. The number of carbonyl (C=O) groups is 2. The van der Waals surface area contributed by atoms with E-state index in [1.165, 1.54) is 0 Å². The molecule has 0 radical (unpaired) electrons. The Morgan fingerprint density at radius 3 is 2.24 bits per heavy atom. The van der Waals surface area contributed by atoms with E-state index in [2.05, 4.69) is 0 Å². The molecule has 0 aromatic rings. The summed E-state index contributed by atoms with van der Waals surface area (Å²) in [5.74, 6) is 0.0559. The molecule has 0 heterocycles. The summed E-state index contributed by atoms with van der Waals surface area (Å²) in [6.07, 6.45) is 6.09. The lowest BCUT2D eigenvalue weighted by Crippen LogP contribution is -2.05. The molecule has 4 heteroatoms. The molecule has 0 atom stereocenters.